The summed E-state index contributed by atoms with van der Waals surface area (Å²) in [4.78, 5) is 41.2. The fourth-order valence-electron chi connectivity index (χ4n) is 4.94. The Labute approximate surface area is 296 Å². The molecule has 7 rings (SSSR count). The molecule has 236 valence electrons. The van der Waals surface area contributed by atoms with Gasteiger partial charge in [-0.05, 0) is 76.7 Å². The van der Waals surface area contributed by atoms with Crippen molar-refractivity contribution in [1.82, 2.24) is 9.97 Å². The van der Waals surface area contributed by atoms with Crippen molar-refractivity contribution in [3.63, 3.8) is 0 Å². The van der Waals surface area contributed by atoms with Crippen LogP contribution in [-0.4, -0.2) is 58.7 Å². The zero-order valence-corrected chi connectivity index (χ0v) is 25.9. The van der Waals surface area contributed by atoms with Gasteiger partial charge in [-0.25, -0.2) is 4.79 Å². The predicted octanol–water partition coefficient (Wildman–Crippen LogP) is 2.40. The molecule has 10 heteroatoms. The molecule has 4 aromatic carbocycles. The molecule has 8 nitrogen and oxygen atoms in total. The number of benzene rings is 4. The van der Waals surface area contributed by atoms with Gasteiger partial charge in [-0.3, -0.25) is 9.59 Å². The number of rotatable bonds is 4. The Morgan fingerprint density at radius 3 is 1.60 bits per heavy atom. The van der Waals surface area contributed by atoms with Gasteiger partial charge in [0.15, 0.2) is 17.4 Å². The van der Waals surface area contributed by atoms with Crippen LogP contribution in [0.3, 0.4) is 0 Å². The van der Waals surface area contributed by atoms with Crippen molar-refractivity contribution in [1.29, 1.82) is 0 Å². The van der Waals surface area contributed by atoms with Gasteiger partial charge in [0.25, 0.3) is 11.1 Å². The average Bonchev–Trinajstić information content (AvgIpc) is 3.69. The molecule has 3 N–H and O–H groups in total. The van der Waals surface area contributed by atoms with Crippen LogP contribution in [0.5, 0.6) is 0 Å². The van der Waals surface area contributed by atoms with Crippen molar-refractivity contribution in [3.8, 4) is 22.5 Å². The number of aromatic nitrogens is 2. The predicted molar refractivity (Wildman–Crippen MR) is 188 cm³/mol. The summed E-state index contributed by atoms with van der Waals surface area (Å²) >= 11 is 0. The molecular weight excluding hydrogens is 602 g/mol. The fraction of sp³-hybridized carbons (Fsp3) is 0.162. The maximum absolute atomic E-state index is 12.1. The number of hydrogen-bond acceptors (Lipinski definition) is 6. The van der Waals surface area contributed by atoms with E-state index in [9.17, 15) is 14.4 Å². The maximum Gasteiger partial charge on any atom is 1.00 e. The molecule has 6 aromatic rings. The summed E-state index contributed by atoms with van der Waals surface area (Å²) in [5.41, 5.74) is 4.39. The number of nitrogens with one attached hydrogen (secondary N) is 2. The summed E-state index contributed by atoms with van der Waals surface area (Å²) in [6.07, 6.45) is 2.56. The van der Waals surface area contributed by atoms with Gasteiger partial charge < -0.3 is 26.0 Å². The van der Waals surface area contributed by atoms with Crippen LogP contribution in [0.25, 0.3) is 44.1 Å². The molecule has 2 aromatic heterocycles. The SMILES string of the molecule is C1CCOC1.COC(=O)c1ccc(-c2cc3ccccc3c(=O)[nH]2)cc1.O=c1[nH]c(-c2ccc(CO)cc2)cc2ccccc12.[AlH3].[H-].[Li+]. The molecule has 0 aliphatic carbocycles. The zero-order chi connectivity index (χ0) is 31.6. The number of fused-ring (bicyclic) bond motifs is 2. The number of H-pyrrole nitrogens is 2. The van der Waals surface area contributed by atoms with E-state index in [2.05, 4.69) is 14.7 Å². The first-order valence-corrected chi connectivity index (χ1v) is 14.7. The van der Waals surface area contributed by atoms with Crippen LogP contribution in [0, 0.1) is 0 Å². The van der Waals surface area contributed by atoms with Crippen LogP contribution in [-0.2, 0) is 16.1 Å². The Balaban J connectivity index is 0.000000276. The third-order valence-electron chi connectivity index (χ3n) is 7.40. The Kier molecular flexibility index (Phi) is 14.5. The van der Waals surface area contributed by atoms with Crippen molar-refractivity contribution >= 4 is 44.9 Å². The second-order valence-electron chi connectivity index (χ2n) is 10.4. The molecule has 3 heterocycles. The Bertz CT molecular complexity index is 2020. The average molecular weight is 641 g/mol. The zero-order valence-electron chi connectivity index (χ0n) is 26.9. The molecule has 47 heavy (non-hydrogen) atoms. The van der Waals surface area contributed by atoms with E-state index < -0.39 is 0 Å². The van der Waals surface area contributed by atoms with Gasteiger partial charge in [0.05, 0.1) is 19.3 Å². The van der Waals surface area contributed by atoms with Crippen LogP contribution < -0.4 is 30.0 Å². The minimum atomic E-state index is -0.381. The van der Waals surface area contributed by atoms with Gasteiger partial charge in [0, 0.05) is 35.4 Å². The number of aromatic amines is 2. The summed E-state index contributed by atoms with van der Waals surface area (Å²) in [6, 6.07) is 33.2. The van der Waals surface area contributed by atoms with Crippen molar-refractivity contribution in [2.24, 2.45) is 0 Å². The van der Waals surface area contributed by atoms with Gasteiger partial charge in [0.2, 0.25) is 0 Å². The molecule has 1 saturated heterocycles. The van der Waals surface area contributed by atoms with E-state index in [0.29, 0.717) is 16.3 Å². The number of aliphatic hydroxyl groups is 1. The molecule has 1 aliphatic heterocycles. The fourth-order valence-corrected chi connectivity index (χ4v) is 4.94. The Morgan fingerprint density at radius 2 is 1.19 bits per heavy atom. The quantitative estimate of drug-likeness (QED) is 0.201. The maximum atomic E-state index is 12.1. The number of esters is 1. The Hall–Kier alpha value is -4.18. The van der Waals surface area contributed by atoms with E-state index in [0.717, 1.165) is 52.1 Å². The number of methoxy groups -OCH3 is 1. The van der Waals surface area contributed by atoms with Gasteiger partial charge in [0.1, 0.15) is 0 Å². The van der Waals surface area contributed by atoms with Crippen LogP contribution in [0.15, 0.2) is 119 Å². The Morgan fingerprint density at radius 1 is 0.745 bits per heavy atom. The molecule has 1 aliphatic rings. The van der Waals surface area contributed by atoms with E-state index in [-0.39, 0.29) is 61.3 Å². The standard InChI is InChI=1S/C17H13NO3.C16H13NO2.C4H8O.Al.Li.4H/c1-21-17(20)12-8-6-11(7-9-12)15-10-13-4-2-3-5-14(13)16(19)18-15;18-10-11-5-7-12(8-6-11)15-9-13-3-1-2-4-14(13)16(19)17-15;1-2-4-5-3-1;;;;;;/h2-10H,1H3,(H,18,19);1-9,18H,10H2,(H,17,19);1-4H2;;;;;;/q;;;;+1;;;;-1. The minimum absolute atomic E-state index is 0. The first-order chi connectivity index (χ1) is 22.0. The molecule has 0 saturated carbocycles. The van der Waals surface area contributed by atoms with E-state index in [4.69, 9.17) is 9.84 Å². The number of aliphatic hydroxyl groups excluding tert-OH is 1. The summed E-state index contributed by atoms with van der Waals surface area (Å²) < 4.78 is 9.61. The van der Waals surface area contributed by atoms with Crippen LogP contribution >= 0.6 is 0 Å². The van der Waals surface area contributed by atoms with Gasteiger partial charge in [-0.2, -0.15) is 0 Å². The van der Waals surface area contributed by atoms with Crippen LogP contribution in [0.4, 0.5) is 0 Å². The monoisotopic (exact) mass is 640 g/mol. The second-order valence-corrected chi connectivity index (χ2v) is 10.4. The topological polar surface area (TPSA) is 121 Å². The van der Waals surface area contributed by atoms with E-state index >= 15 is 0 Å². The largest absolute Gasteiger partial charge is 1.00 e. The van der Waals surface area contributed by atoms with E-state index in [1.165, 1.54) is 20.0 Å². The van der Waals surface area contributed by atoms with E-state index in [1.54, 1.807) is 30.3 Å². The number of pyridine rings is 2. The van der Waals surface area contributed by atoms with Crippen LogP contribution in [0.2, 0.25) is 0 Å². The van der Waals surface area contributed by atoms with Crippen molar-refractivity contribution in [2.75, 3.05) is 20.3 Å². The normalized spacial score (nSPS) is 11.6. The number of ether oxygens (including phenoxy) is 2. The van der Waals surface area contributed by atoms with Gasteiger partial charge >= 0.3 is 24.8 Å². The van der Waals surface area contributed by atoms with Crippen molar-refractivity contribution < 1.29 is 39.7 Å². The first kappa shape index (κ1) is 37.3. The molecule has 1 fully saturated rings. The number of carbonyl (C=O) groups excluding carboxylic acids is 1. The molecule has 0 radical (unpaired) electrons. The molecule has 0 bridgehead atoms. The van der Waals surface area contributed by atoms with Crippen molar-refractivity contribution in [2.45, 2.75) is 19.4 Å². The minimum Gasteiger partial charge on any atom is -1.00 e. The molecule has 0 spiro atoms. The smallest absolute Gasteiger partial charge is 1.00 e. The second kappa shape index (κ2) is 18.2. The van der Waals surface area contributed by atoms with Crippen LogP contribution in [0.1, 0.15) is 30.2 Å². The molecule has 0 unspecified atom stereocenters. The summed E-state index contributed by atoms with van der Waals surface area (Å²) in [5.74, 6) is -0.381. The summed E-state index contributed by atoms with van der Waals surface area (Å²) in [7, 11) is 1.34. The van der Waals surface area contributed by atoms with Gasteiger partial charge in [-0.15, -0.1) is 0 Å². The third kappa shape index (κ3) is 9.67. The van der Waals surface area contributed by atoms with Gasteiger partial charge in [-0.1, -0.05) is 72.8 Å². The van der Waals surface area contributed by atoms with Crippen molar-refractivity contribution in [3.05, 3.63) is 141 Å². The molecule has 0 amide bonds. The third-order valence-corrected chi connectivity index (χ3v) is 7.40. The summed E-state index contributed by atoms with van der Waals surface area (Å²) in [5, 5.41) is 12.2. The molecular formula is C37H38AlLiN2O6. The molecule has 0 atom stereocenters. The summed E-state index contributed by atoms with van der Waals surface area (Å²) in [6.45, 7) is 2.02. The van der Waals surface area contributed by atoms with E-state index in [1.807, 2.05) is 78.9 Å². The number of carbonyl (C=O) groups is 1. The number of hydrogen-bond donors (Lipinski definition) is 3. The first-order valence-electron chi connectivity index (χ1n) is 14.7.